The van der Waals surface area contributed by atoms with Gasteiger partial charge in [0.05, 0.1) is 0 Å². The summed E-state index contributed by atoms with van der Waals surface area (Å²) in [5.41, 5.74) is 1.51. The zero-order valence-electron chi connectivity index (χ0n) is 17.2. The van der Waals surface area contributed by atoms with E-state index < -0.39 is 23.4 Å². The number of halogens is 2. The van der Waals surface area contributed by atoms with Crippen molar-refractivity contribution < 1.29 is 23.1 Å². The molecule has 0 aliphatic heterocycles. The number of carbonyl (C=O) groups is 2. The van der Waals surface area contributed by atoms with Crippen LogP contribution in [-0.4, -0.2) is 11.8 Å². The minimum atomic E-state index is -0.481. The summed E-state index contributed by atoms with van der Waals surface area (Å²) < 4.78 is 32.3. The van der Waals surface area contributed by atoms with Crippen molar-refractivity contribution in [3.8, 4) is 11.5 Å². The van der Waals surface area contributed by atoms with E-state index in [0.29, 0.717) is 22.9 Å². The number of nitrogens with one attached hydrogen (secondary N) is 2. The number of anilines is 2. The van der Waals surface area contributed by atoms with Crippen molar-refractivity contribution in [3.63, 3.8) is 0 Å². The minimum absolute atomic E-state index is 0.222. The molecule has 2 amide bonds. The second-order valence-corrected chi connectivity index (χ2v) is 7.08. The number of amides is 2. The van der Waals surface area contributed by atoms with Crippen LogP contribution < -0.4 is 15.4 Å². The maximum absolute atomic E-state index is 13.3. The standard InChI is InChI=1S/C26H18F2N2O3/c27-19-5-1-3-17(15-19)25(31)29-21-7-11-23(12-8-21)33-24-13-9-22(10-14-24)30-26(32)18-4-2-6-20(28)16-18/h1-16H,(H,29,31)(H,30,32). The van der Waals surface area contributed by atoms with Gasteiger partial charge in [-0.25, -0.2) is 8.78 Å². The molecule has 0 aromatic heterocycles. The molecule has 4 aromatic rings. The third-order valence-electron chi connectivity index (χ3n) is 4.63. The topological polar surface area (TPSA) is 67.4 Å². The smallest absolute Gasteiger partial charge is 0.255 e. The summed E-state index contributed by atoms with van der Waals surface area (Å²) in [5, 5.41) is 5.39. The Kier molecular flexibility index (Phi) is 6.40. The summed E-state index contributed by atoms with van der Waals surface area (Å²) in [6, 6.07) is 24.3. The van der Waals surface area contributed by atoms with Crippen LogP contribution in [0.1, 0.15) is 20.7 Å². The molecular formula is C26H18F2N2O3. The van der Waals surface area contributed by atoms with Crippen molar-refractivity contribution in [2.75, 3.05) is 10.6 Å². The molecule has 2 N–H and O–H groups in total. The van der Waals surface area contributed by atoms with E-state index in [9.17, 15) is 18.4 Å². The first kappa shape index (κ1) is 21.7. The van der Waals surface area contributed by atoms with Gasteiger partial charge in [0.2, 0.25) is 0 Å². The van der Waals surface area contributed by atoms with Gasteiger partial charge in [0.25, 0.3) is 11.8 Å². The molecule has 0 heterocycles. The predicted octanol–water partition coefficient (Wildman–Crippen LogP) is 6.26. The quantitative estimate of drug-likeness (QED) is 0.369. The molecule has 4 rings (SSSR count). The number of benzene rings is 4. The summed E-state index contributed by atoms with van der Waals surface area (Å²) >= 11 is 0. The van der Waals surface area contributed by atoms with Gasteiger partial charge in [-0.1, -0.05) is 12.1 Å². The van der Waals surface area contributed by atoms with E-state index in [2.05, 4.69) is 10.6 Å². The van der Waals surface area contributed by atoms with Crippen LogP contribution in [0.3, 0.4) is 0 Å². The fourth-order valence-electron chi connectivity index (χ4n) is 3.01. The molecule has 0 spiro atoms. The van der Waals surface area contributed by atoms with E-state index in [1.165, 1.54) is 36.4 Å². The number of rotatable bonds is 6. The number of ether oxygens (including phenoxy) is 1. The van der Waals surface area contributed by atoms with Gasteiger partial charge in [-0.15, -0.1) is 0 Å². The average Bonchev–Trinajstić information content (AvgIpc) is 2.81. The van der Waals surface area contributed by atoms with Gasteiger partial charge in [0, 0.05) is 22.5 Å². The van der Waals surface area contributed by atoms with Crippen LogP contribution in [-0.2, 0) is 0 Å². The van der Waals surface area contributed by atoms with Crippen LogP contribution in [0.15, 0.2) is 97.1 Å². The van der Waals surface area contributed by atoms with Crippen molar-refractivity contribution in [2.24, 2.45) is 0 Å². The van der Waals surface area contributed by atoms with E-state index in [-0.39, 0.29) is 11.1 Å². The van der Waals surface area contributed by atoms with Crippen molar-refractivity contribution >= 4 is 23.2 Å². The van der Waals surface area contributed by atoms with Crippen LogP contribution in [0.4, 0.5) is 20.2 Å². The molecule has 0 radical (unpaired) electrons. The molecular weight excluding hydrogens is 426 g/mol. The lowest BCUT2D eigenvalue weighted by Gasteiger charge is -2.10. The molecule has 0 bridgehead atoms. The van der Waals surface area contributed by atoms with Gasteiger partial charge in [-0.2, -0.15) is 0 Å². The molecule has 0 saturated heterocycles. The fourth-order valence-corrected chi connectivity index (χ4v) is 3.01. The summed E-state index contributed by atoms with van der Waals surface area (Å²) in [5.74, 6) is -0.722. The number of carbonyl (C=O) groups excluding carboxylic acids is 2. The Balaban J connectivity index is 1.34. The SMILES string of the molecule is O=C(Nc1ccc(Oc2ccc(NC(=O)c3cccc(F)c3)cc2)cc1)c1cccc(F)c1. The lowest BCUT2D eigenvalue weighted by Crippen LogP contribution is -2.12. The molecule has 33 heavy (non-hydrogen) atoms. The highest BCUT2D eigenvalue weighted by molar-refractivity contribution is 6.04. The second-order valence-electron chi connectivity index (χ2n) is 7.08. The predicted molar refractivity (Wildman–Crippen MR) is 122 cm³/mol. The Bertz CT molecular complexity index is 1190. The van der Waals surface area contributed by atoms with Crippen LogP contribution in [0.2, 0.25) is 0 Å². The Labute approximate surface area is 188 Å². The molecule has 7 heteroatoms. The molecule has 0 saturated carbocycles. The lowest BCUT2D eigenvalue weighted by molar-refractivity contribution is 0.101. The molecule has 5 nitrogen and oxygen atoms in total. The lowest BCUT2D eigenvalue weighted by atomic mass is 10.2. The van der Waals surface area contributed by atoms with Crippen LogP contribution in [0, 0.1) is 11.6 Å². The monoisotopic (exact) mass is 444 g/mol. The first-order valence-electron chi connectivity index (χ1n) is 9.98. The van der Waals surface area contributed by atoms with Gasteiger partial charge in [-0.3, -0.25) is 9.59 Å². The highest BCUT2D eigenvalue weighted by Crippen LogP contribution is 2.25. The van der Waals surface area contributed by atoms with Crippen molar-refractivity contribution in [2.45, 2.75) is 0 Å². The minimum Gasteiger partial charge on any atom is -0.457 e. The first-order chi connectivity index (χ1) is 16.0. The maximum atomic E-state index is 13.3. The zero-order valence-corrected chi connectivity index (χ0v) is 17.2. The number of hydrogen-bond acceptors (Lipinski definition) is 3. The second kappa shape index (κ2) is 9.74. The molecule has 0 atom stereocenters. The summed E-state index contributed by atoms with van der Waals surface area (Å²) in [6.07, 6.45) is 0. The van der Waals surface area contributed by atoms with Gasteiger partial charge in [0.15, 0.2) is 0 Å². The third kappa shape index (κ3) is 5.80. The van der Waals surface area contributed by atoms with E-state index in [4.69, 9.17) is 4.74 Å². The number of hydrogen-bond donors (Lipinski definition) is 2. The summed E-state index contributed by atoms with van der Waals surface area (Å²) in [6.45, 7) is 0. The summed E-state index contributed by atoms with van der Waals surface area (Å²) in [7, 11) is 0. The van der Waals surface area contributed by atoms with Crippen molar-refractivity contribution in [1.29, 1.82) is 0 Å². The van der Waals surface area contributed by atoms with Crippen LogP contribution in [0.25, 0.3) is 0 Å². The maximum Gasteiger partial charge on any atom is 0.255 e. The van der Waals surface area contributed by atoms with Crippen LogP contribution in [0.5, 0.6) is 11.5 Å². The third-order valence-corrected chi connectivity index (χ3v) is 4.63. The summed E-state index contributed by atoms with van der Waals surface area (Å²) in [4.78, 5) is 24.4. The Hall–Kier alpha value is -4.52. The first-order valence-corrected chi connectivity index (χ1v) is 9.98. The highest BCUT2D eigenvalue weighted by Gasteiger charge is 2.09. The molecule has 0 aliphatic rings. The van der Waals surface area contributed by atoms with Crippen molar-refractivity contribution in [1.82, 2.24) is 0 Å². The Morgan fingerprint density at radius 3 is 1.33 bits per heavy atom. The molecule has 0 fully saturated rings. The zero-order chi connectivity index (χ0) is 23.2. The normalized spacial score (nSPS) is 10.4. The average molecular weight is 444 g/mol. The molecule has 164 valence electrons. The molecule has 0 aliphatic carbocycles. The van der Waals surface area contributed by atoms with Crippen LogP contribution >= 0.6 is 0 Å². The van der Waals surface area contributed by atoms with Gasteiger partial charge < -0.3 is 15.4 Å². The van der Waals surface area contributed by atoms with Gasteiger partial charge in [0.1, 0.15) is 23.1 Å². The van der Waals surface area contributed by atoms with E-state index in [1.807, 2.05) is 0 Å². The fraction of sp³-hybridized carbons (Fsp3) is 0. The molecule has 0 unspecified atom stereocenters. The van der Waals surface area contributed by atoms with Crippen molar-refractivity contribution in [3.05, 3.63) is 120 Å². The van der Waals surface area contributed by atoms with Gasteiger partial charge >= 0.3 is 0 Å². The Morgan fingerprint density at radius 2 is 0.970 bits per heavy atom. The van der Waals surface area contributed by atoms with Gasteiger partial charge in [-0.05, 0) is 84.9 Å². The van der Waals surface area contributed by atoms with E-state index in [1.54, 1.807) is 48.5 Å². The van der Waals surface area contributed by atoms with E-state index >= 15 is 0 Å². The highest BCUT2D eigenvalue weighted by atomic mass is 19.1. The largest absolute Gasteiger partial charge is 0.457 e. The molecule has 4 aromatic carbocycles. The Morgan fingerprint density at radius 1 is 0.576 bits per heavy atom. The van der Waals surface area contributed by atoms with E-state index in [0.717, 1.165) is 12.1 Å².